The van der Waals surface area contributed by atoms with Crippen LogP contribution in [-0.2, 0) is 13.6 Å². The van der Waals surface area contributed by atoms with Crippen LogP contribution in [0.15, 0.2) is 0 Å². The van der Waals surface area contributed by atoms with Crippen molar-refractivity contribution in [3.63, 3.8) is 0 Å². The topological polar surface area (TPSA) is 55.8 Å². The molecule has 46 valence electrons. The molecule has 4 nitrogen and oxygen atoms in total. The first-order valence-corrected chi connectivity index (χ1v) is 3.06. The molecule has 0 heterocycles. The minimum Gasteiger partial charge on any atom is -1.00 e. The van der Waals surface area contributed by atoms with Crippen molar-refractivity contribution in [3.8, 4) is 0 Å². The van der Waals surface area contributed by atoms with E-state index in [-0.39, 0.29) is 20.3 Å². The van der Waals surface area contributed by atoms with Gasteiger partial charge in [-0.1, -0.05) is 0 Å². The first kappa shape index (κ1) is 11.5. The van der Waals surface area contributed by atoms with E-state index in [1.807, 2.05) is 0 Å². The Morgan fingerprint density at radius 3 is 1.75 bits per heavy atom. The predicted molar refractivity (Wildman–Crippen MR) is 25.0 cm³/mol. The van der Waals surface area contributed by atoms with Crippen LogP contribution in [0.5, 0.6) is 0 Å². The summed E-state index contributed by atoms with van der Waals surface area (Å²) in [6.45, 7) is 0. The maximum atomic E-state index is 10.1. The van der Waals surface area contributed by atoms with Crippen molar-refractivity contribution in [1.82, 2.24) is 0 Å². The SMILES string of the molecule is COP(=O)(O)OC.[H-].[Li+]. The third-order valence-electron chi connectivity index (χ3n) is 0.461. The van der Waals surface area contributed by atoms with Gasteiger partial charge in [0.15, 0.2) is 0 Å². The zero-order chi connectivity index (χ0) is 5.91. The van der Waals surface area contributed by atoms with E-state index < -0.39 is 7.82 Å². The molecule has 0 aliphatic rings. The fraction of sp³-hybridized carbons (Fsp3) is 1.00. The number of phosphoric ester groups is 1. The van der Waals surface area contributed by atoms with Gasteiger partial charge in [-0.2, -0.15) is 0 Å². The monoisotopic (exact) mass is 134 g/mol. The van der Waals surface area contributed by atoms with Crippen molar-refractivity contribution in [2.45, 2.75) is 0 Å². The summed E-state index contributed by atoms with van der Waals surface area (Å²) >= 11 is 0. The molecule has 8 heavy (non-hydrogen) atoms. The van der Waals surface area contributed by atoms with E-state index in [4.69, 9.17) is 4.89 Å². The van der Waals surface area contributed by atoms with Crippen LogP contribution in [0, 0.1) is 0 Å². The molecule has 0 aliphatic heterocycles. The predicted octanol–water partition coefficient (Wildman–Crippen LogP) is -2.50. The van der Waals surface area contributed by atoms with E-state index in [1.165, 1.54) is 0 Å². The number of hydrogen-bond acceptors (Lipinski definition) is 3. The molecule has 0 amide bonds. The smallest absolute Gasteiger partial charge is 1.00 e. The Morgan fingerprint density at radius 2 is 1.75 bits per heavy atom. The summed E-state index contributed by atoms with van der Waals surface area (Å²) in [6.07, 6.45) is 0. The molecule has 0 saturated heterocycles. The van der Waals surface area contributed by atoms with Gasteiger partial charge < -0.3 is 6.32 Å². The first-order valence-electron chi connectivity index (χ1n) is 1.56. The van der Waals surface area contributed by atoms with Crippen LogP contribution in [-0.4, -0.2) is 19.1 Å². The van der Waals surface area contributed by atoms with E-state index in [2.05, 4.69) is 9.05 Å². The van der Waals surface area contributed by atoms with Gasteiger partial charge in [-0.05, 0) is 0 Å². The van der Waals surface area contributed by atoms with Crippen molar-refractivity contribution >= 4 is 7.82 Å². The van der Waals surface area contributed by atoms with Crippen molar-refractivity contribution < 1.29 is 38.8 Å². The standard InChI is InChI=1S/C2H7O4P.Li.H/c1-5-7(3,4)6-2;;/h1-2H3,(H,3,4);;/q;+1;-1. The van der Waals surface area contributed by atoms with Crippen LogP contribution in [0.3, 0.4) is 0 Å². The summed E-state index contributed by atoms with van der Waals surface area (Å²) in [7, 11) is -1.45. The van der Waals surface area contributed by atoms with Crippen LogP contribution in [0.2, 0.25) is 0 Å². The number of rotatable bonds is 2. The summed E-state index contributed by atoms with van der Waals surface area (Å²) in [5, 5.41) is 0. The summed E-state index contributed by atoms with van der Waals surface area (Å²) in [5.41, 5.74) is 0. The first-order chi connectivity index (χ1) is 3.12. The van der Waals surface area contributed by atoms with Gasteiger partial charge in [0.25, 0.3) is 0 Å². The molecule has 0 aromatic carbocycles. The Kier molecular flexibility index (Phi) is 6.57. The zero-order valence-corrected chi connectivity index (χ0v) is 6.01. The Bertz CT molecular complexity index is 90.6. The number of phosphoric acid groups is 1. The molecule has 0 radical (unpaired) electrons. The van der Waals surface area contributed by atoms with E-state index in [9.17, 15) is 4.57 Å². The van der Waals surface area contributed by atoms with Crippen molar-refractivity contribution in [2.24, 2.45) is 0 Å². The molecule has 0 saturated carbocycles. The molecule has 0 aliphatic carbocycles. The second kappa shape index (κ2) is 4.57. The average molecular weight is 134 g/mol. The van der Waals surface area contributed by atoms with Crippen LogP contribution in [0.1, 0.15) is 1.43 Å². The Hall–Kier alpha value is 0.707. The number of hydrogen-bond donors (Lipinski definition) is 1. The molecule has 0 atom stereocenters. The van der Waals surface area contributed by atoms with Crippen LogP contribution < -0.4 is 18.9 Å². The quantitative estimate of drug-likeness (QED) is 0.335. The van der Waals surface area contributed by atoms with Gasteiger partial charge in [-0.3, -0.25) is 9.05 Å². The van der Waals surface area contributed by atoms with E-state index in [0.717, 1.165) is 14.2 Å². The van der Waals surface area contributed by atoms with Gasteiger partial charge in [-0.25, -0.2) is 4.57 Å². The van der Waals surface area contributed by atoms with Crippen molar-refractivity contribution in [2.75, 3.05) is 14.2 Å². The normalized spacial score (nSPS) is 10.4. The molecule has 0 unspecified atom stereocenters. The molecule has 0 spiro atoms. The fourth-order valence-electron chi connectivity index (χ4n) is 0.0745. The second-order valence-electron chi connectivity index (χ2n) is 0.834. The maximum Gasteiger partial charge on any atom is 1.00 e. The van der Waals surface area contributed by atoms with E-state index in [1.54, 1.807) is 0 Å². The van der Waals surface area contributed by atoms with Gasteiger partial charge >= 0.3 is 26.7 Å². The minimum absolute atomic E-state index is 0. The van der Waals surface area contributed by atoms with Crippen LogP contribution in [0.4, 0.5) is 0 Å². The Morgan fingerprint density at radius 1 is 1.50 bits per heavy atom. The summed E-state index contributed by atoms with van der Waals surface area (Å²) < 4.78 is 18.0. The van der Waals surface area contributed by atoms with E-state index in [0.29, 0.717) is 0 Å². The summed E-state index contributed by atoms with van der Waals surface area (Å²) in [5.74, 6) is 0. The van der Waals surface area contributed by atoms with E-state index >= 15 is 0 Å². The van der Waals surface area contributed by atoms with Gasteiger partial charge in [-0.15, -0.1) is 0 Å². The minimum atomic E-state index is -3.65. The third kappa shape index (κ3) is 4.86. The second-order valence-corrected chi connectivity index (χ2v) is 2.50. The molecule has 1 N–H and O–H groups in total. The molecule has 6 heteroatoms. The average Bonchev–Trinajstić information content (AvgIpc) is 1.68. The zero-order valence-electron chi connectivity index (χ0n) is 6.12. The third-order valence-corrected chi connectivity index (χ3v) is 1.38. The fourth-order valence-corrected chi connectivity index (χ4v) is 0.224. The van der Waals surface area contributed by atoms with Gasteiger partial charge in [0.1, 0.15) is 0 Å². The Labute approximate surface area is 61.5 Å². The molecule has 0 rings (SSSR count). The maximum absolute atomic E-state index is 10.1. The molecule has 0 aromatic rings. The molecular weight excluding hydrogens is 126 g/mol. The van der Waals surface area contributed by atoms with Gasteiger partial charge in [0, 0.05) is 14.2 Å². The Balaban J connectivity index is -0.000000180. The van der Waals surface area contributed by atoms with Gasteiger partial charge in [0.05, 0.1) is 0 Å². The molecule has 0 bridgehead atoms. The molecule has 0 aromatic heterocycles. The molecule has 0 fully saturated rings. The van der Waals surface area contributed by atoms with Crippen molar-refractivity contribution in [3.05, 3.63) is 0 Å². The van der Waals surface area contributed by atoms with Crippen LogP contribution >= 0.6 is 7.82 Å². The largest absolute Gasteiger partial charge is 1.00 e. The summed E-state index contributed by atoms with van der Waals surface area (Å²) in [6, 6.07) is 0. The molecular formula is C2H8LiO4P. The van der Waals surface area contributed by atoms with Crippen molar-refractivity contribution in [1.29, 1.82) is 0 Å². The summed E-state index contributed by atoms with van der Waals surface area (Å²) in [4.78, 5) is 8.24. The van der Waals surface area contributed by atoms with Gasteiger partial charge in [0.2, 0.25) is 0 Å². The van der Waals surface area contributed by atoms with Crippen LogP contribution in [0.25, 0.3) is 0 Å².